The van der Waals surface area contributed by atoms with E-state index in [1.165, 1.54) is 0 Å². The summed E-state index contributed by atoms with van der Waals surface area (Å²) < 4.78 is 4.57. The first-order chi connectivity index (χ1) is 35.6. The minimum absolute atomic E-state index is 0.421. The van der Waals surface area contributed by atoms with Crippen LogP contribution in [0.25, 0.3) is 123 Å². The lowest BCUT2D eigenvalue weighted by Gasteiger charge is -2.18. The SMILES string of the molecule is N#Cc1cccc(-c2ccc(-c3nc(-c4ccccc4)nc(-c4cc(C#N)ccc4-n4c5ccccc5c5cc(-c6ccccc6)ccc54)n3)c(-n3c4ccccc4c4cc(-c5ccccc5)ccc43)c2)c1. The predicted octanol–water partition coefficient (Wildman–Crippen LogP) is 15.8. The molecule has 7 nitrogen and oxygen atoms in total. The van der Waals surface area contributed by atoms with Gasteiger partial charge in [-0.15, -0.1) is 0 Å². The maximum atomic E-state index is 10.5. The van der Waals surface area contributed by atoms with Gasteiger partial charge in [-0.3, -0.25) is 0 Å². The number of nitriles is 2. The van der Waals surface area contributed by atoms with E-state index in [0.29, 0.717) is 34.2 Å². The molecule has 0 radical (unpaired) electrons. The van der Waals surface area contributed by atoms with Gasteiger partial charge in [-0.2, -0.15) is 10.5 Å². The number of fused-ring (bicyclic) bond motifs is 6. The maximum absolute atomic E-state index is 10.5. The molecule has 0 spiro atoms. The molecule has 7 heteroatoms. The summed E-state index contributed by atoms with van der Waals surface area (Å²) >= 11 is 0. The molecular formula is C65H39N7. The zero-order valence-corrected chi connectivity index (χ0v) is 38.6. The van der Waals surface area contributed by atoms with Gasteiger partial charge in [-0.1, -0.05) is 158 Å². The molecule has 0 aliphatic rings. The molecule has 10 aromatic carbocycles. The van der Waals surface area contributed by atoms with Gasteiger partial charge in [-0.25, -0.2) is 15.0 Å². The molecule has 72 heavy (non-hydrogen) atoms. The molecule has 0 saturated heterocycles. The highest BCUT2D eigenvalue weighted by atomic mass is 15.1. The Hall–Kier alpha value is -10.2. The van der Waals surface area contributed by atoms with Gasteiger partial charge in [0.2, 0.25) is 0 Å². The zero-order chi connectivity index (χ0) is 48.1. The van der Waals surface area contributed by atoms with Crippen LogP contribution in [0.2, 0.25) is 0 Å². The molecule has 0 aliphatic carbocycles. The van der Waals surface area contributed by atoms with Crippen LogP contribution in [0, 0.1) is 22.7 Å². The van der Waals surface area contributed by atoms with Crippen molar-refractivity contribution in [2.24, 2.45) is 0 Å². The van der Waals surface area contributed by atoms with E-state index in [1.54, 1.807) is 0 Å². The number of hydrogen-bond donors (Lipinski definition) is 0. The molecule has 0 bridgehead atoms. The lowest BCUT2D eigenvalue weighted by Crippen LogP contribution is -2.06. The van der Waals surface area contributed by atoms with Crippen LogP contribution in [0.15, 0.2) is 237 Å². The second-order valence-corrected chi connectivity index (χ2v) is 17.8. The fourth-order valence-corrected chi connectivity index (χ4v) is 10.3. The van der Waals surface area contributed by atoms with Crippen LogP contribution in [0.5, 0.6) is 0 Å². The molecule has 0 amide bonds. The van der Waals surface area contributed by atoms with Gasteiger partial charge in [-0.05, 0) is 112 Å². The van der Waals surface area contributed by atoms with Gasteiger partial charge in [0, 0.05) is 38.2 Å². The molecule has 0 unspecified atom stereocenters. The van der Waals surface area contributed by atoms with E-state index in [2.05, 4.69) is 173 Å². The largest absolute Gasteiger partial charge is 0.308 e. The Morgan fingerprint density at radius 3 is 1.32 bits per heavy atom. The second kappa shape index (κ2) is 17.4. The van der Waals surface area contributed by atoms with E-state index >= 15 is 0 Å². The Morgan fingerprint density at radius 2 is 0.722 bits per heavy atom. The molecule has 0 atom stereocenters. The van der Waals surface area contributed by atoms with E-state index < -0.39 is 0 Å². The van der Waals surface area contributed by atoms with Crippen molar-refractivity contribution in [1.82, 2.24) is 24.1 Å². The molecule has 3 aromatic heterocycles. The first kappa shape index (κ1) is 41.9. The molecule has 0 N–H and O–H groups in total. The summed E-state index contributed by atoms with van der Waals surface area (Å²) in [5.74, 6) is 1.37. The number of hydrogen-bond acceptors (Lipinski definition) is 5. The molecule has 0 saturated carbocycles. The van der Waals surface area contributed by atoms with Crippen molar-refractivity contribution in [3.63, 3.8) is 0 Å². The highest BCUT2D eigenvalue weighted by Gasteiger charge is 2.24. The van der Waals surface area contributed by atoms with E-state index in [-0.39, 0.29) is 0 Å². The number of para-hydroxylation sites is 2. The second-order valence-electron chi connectivity index (χ2n) is 17.8. The molecule has 0 aliphatic heterocycles. The standard InChI is InChI=1S/C65H39N7/c66-40-42-15-14-22-47(35-42)50-28-31-53(62(39-50)72-58-26-13-11-24-52(58)55-38-49(30-34-60(55)72)45-18-6-2-7-19-45)64-68-63(46-20-8-3-9-21-46)69-65(70-64)56-36-43(41-67)27-32-61(56)71-57-25-12-10-23-51(57)54-37-48(29-33-59(54)71)44-16-4-1-5-17-44/h1-39H. The molecule has 13 aromatic rings. The van der Waals surface area contributed by atoms with Crippen LogP contribution in [-0.2, 0) is 0 Å². The van der Waals surface area contributed by atoms with Gasteiger partial charge in [0.25, 0.3) is 0 Å². The smallest absolute Gasteiger partial charge is 0.166 e. The summed E-state index contributed by atoms with van der Waals surface area (Å²) in [7, 11) is 0. The third kappa shape index (κ3) is 7.17. The van der Waals surface area contributed by atoms with Crippen molar-refractivity contribution in [1.29, 1.82) is 10.5 Å². The lowest BCUT2D eigenvalue weighted by atomic mass is 9.99. The van der Waals surface area contributed by atoms with Crippen LogP contribution >= 0.6 is 0 Å². The summed E-state index contributed by atoms with van der Waals surface area (Å²) in [6, 6.07) is 85.6. The number of aromatic nitrogens is 5. The van der Waals surface area contributed by atoms with Crippen LogP contribution in [0.1, 0.15) is 11.1 Å². The Labute approximate surface area is 415 Å². The summed E-state index contributed by atoms with van der Waals surface area (Å²) in [5, 5.41) is 24.9. The van der Waals surface area contributed by atoms with Crippen molar-refractivity contribution in [3.8, 4) is 91.1 Å². The van der Waals surface area contributed by atoms with Gasteiger partial charge in [0.15, 0.2) is 17.5 Å². The summed E-state index contributed by atoms with van der Waals surface area (Å²) in [5.41, 5.74) is 15.5. The van der Waals surface area contributed by atoms with Crippen molar-refractivity contribution in [2.45, 2.75) is 0 Å². The lowest BCUT2D eigenvalue weighted by molar-refractivity contribution is 1.06. The van der Waals surface area contributed by atoms with Crippen LogP contribution in [0.4, 0.5) is 0 Å². The molecular weight excluding hydrogens is 879 g/mol. The number of rotatable bonds is 8. The minimum Gasteiger partial charge on any atom is -0.308 e. The van der Waals surface area contributed by atoms with Gasteiger partial charge < -0.3 is 9.13 Å². The molecule has 3 heterocycles. The van der Waals surface area contributed by atoms with E-state index in [4.69, 9.17) is 15.0 Å². The van der Waals surface area contributed by atoms with Crippen LogP contribution in [-0.4, -0.2) is 24.1 Å². The Kier molecular flexibility index (Phi) is 10.1. The van der Waals surface area contributed by atoms with Gasteiger partial charge >= 0.3 is 0 Å². The first-order valence-corrected chi connectivity index (χ1v) is 23.8. The van der Waals surface area contributed by atoms with Crippen molar-refractivity contribution in [3.05, 3.63) is 248 Å². The van der Waals surface area contributed by atoms with Gasteiger partial charge in [0.05, 0.1) is 56.7 Å². The quantitative estimate of drug-likeness (QED) is 0.151. The summed E-state index contributed by atoms with van der Waals surface area (Å²) in [6.45, 7) is 0. The average molecular weight is 918 g/mol. The minimum atomic E-state index is 0.421. The summed E-state index contributed by atoms with van der Waals surface area (Å²) in [4.78, 5) is 16.1. The monoisotopic (exact) mass is 917 g/mol. The van der Waals surface area contributed by atoms with Crippen molar-refractivity contribution < 1.29 is 0 Å². The predicted molar refractivity (Wildman–Crippen MR) is 291 cm³/mol. The summed E-state index contributed by atoms with van der Waals surface area (Å²) in [6.07, 6.45) is 0. The molecule has 0 fully saturated rings. The van der Waals surface area contributed by atoms with Crippen molar-refractivity contribution >= 4 is 43.6 Å². The normalized spacial score (nSPS) is 11.3. The topological polar surface area (TPSA) is 96.1 Å². The third-order valence-electron chi connectivity index (χ3n) is 13.6. The van der Waals surface area contributed by atoms with Crippen LogP contribution < -0.4 is 0 Å². The fourth-order valence-electron chi connectivity index (χ4n) is 10.3. The van der Waals surface area contributed by atoms with Crippen LogP contribution in [0.3, 0.4) is 0 Å². The molecule has 13 rings (SSSR count). The van der Waals surface area contributed by atoms with Gasteiger partial charge in [0.1, 0.15) is 0 Å². The number of benzene rings is 10. The zero-order valence-electron chi connectivity index (χ0n) is 38.6. The Balaban J connectivity index is 1.08. The van der Waals surface area contributed by atoms with Crippen molar-refractivity contribution in [2.75, 3.05) is 0 Å². The Morgan fingerprint density at radius 1 is 0.278 bits per heavy atom. The highest BCUT2D eigenvalue weighted by Crippen LogP contribution is 2.42. The first-order valence-electron chi connectivity index (χ1n) is 23.8. The Bertz CT molecular complexity index is 4350. The molecule has 334 valence electrons. The van der Waals surface area contributed by atoms with E-state index in [1.807, 2.05) is 84.9 Å². The highest BCUT2D eigenvalue weighted by molar-refractivity contribution is 6.12. The fraction of sp³-hybridized carbons (Fsp3) is 0. The third-order valence-corrected chi connectivity index (χ3v) is 13.6. The number of nitrogens with zero attached hydrogens (tertiary/aromatic N) is 7. The maximum Gasteiger partial charge on any atom is 0.166 e. The average Bonchev–Trinajstić information content (AvgIpc) is 3.97. The van der Waals surface area contributed by atoms with E-state index in [9.17, 15) is 10.5 Å². The van der Waals surface area contributed by atoms with E-state index in [0.717, 1.165) is 99.5 Å².